The molecule has 1 heterocycles. The zero-order chi connectivity index (χ0) is 15.5. The molecule has 0 aromatic carbocycles. The van der Waals surface area contributed by atoms with Crippen LogP contribution in [0.1, 0.15) is 40.5 Å². The molecule has 0 saturated heterocycles. The minimum absolute atomic E-state index is 0.251. The molecule has 0 saturated carbocycles. The number of hydrogen-bond donors (Lipinski definition) is 1. The van der Waals surface area contributed by atoms with Gasteiger partial charge in [0.25, 0.3) is 6.43 Å². The number of carbonyl (C=O) groups is 1. The van der Waals surface area contributed by atoms with Gasteiger partial charge in [0.2, 0.25) is 0 Å². The third-order valence-electron chi connectivity index (χ3n) is 2.40. The van der Waals surface area contributed by atoms with Crippen LogP contribution in [0.4, 0.5) is 22.0 Å². The lowest BCUT2D eigenvalue weighted by atomic mass is 10.0. The minimum Gasteiger partial charge on any atom is -0.462 e. The zero-order valence-corrected chi connectivity index (χ0v) is 10.3. The summed E-state index contributed by atoms with van der Waals surface area (Å²) in [6, 6.07) is 0. The van der Waals surface area contributed by atoms with Gasteiger partial charge in [-0.25, -0.2) is 13.6 Å². The maximum absolute atomic E-state index is 13.0. The molecule has 112 valence electrons. The monoisotopic (exact) mass is 298 g/mol. The molecule has 0 aliphatic carbocycles. The van der Waals surface area contributed by atoms with E-state index in [1.807, 2.05) is 0 Å². The number of aromatic nitrogens is 1. The van der Waals surface area contributed by atoms with E-state index in [2.05, 4.69) is 9.72 Å². The molecule has 1 aromatic rings. The summed E-state index contributed by atoms with van der Waals surface area (Å²) in [5, 5.41) is 0. The average molecular weight is 298 g/mol. The lowest BCUT2D eigenvalue weighted by Crippen LogP contribution is -2.21. The minimum atomic E-state index is -5.01. The number of esters is 1. The second kappa shape index (κ2) is 6.12. The van der Waals surface area contributed by atoms with Crippen molar-refractivity contribution in [2.24, 2.45) is 5.73 Å². The largest absolute Gasteiger partial charge is 0.462 e. The van der Waals surface area contributed by atoms with Gasteiger partial charge in [-0.3, -0.25) is 4.98 Å². The first-order valence-electron chi connectivity index (χ1n) is 5.48. The van der Waals surface area contributed by atoms with Crippen LogP contribution in [0.2, 0.25) is 0 Å². The Kier molecular flexibility index (Phi) is 4.98. The molecular weight excluding hydrogens is 287 g/mol. The first-order chi connectivity index (χ1) is 9.23. The Balaban J connectivity index is 3.64. The number of nitrogens with two attached hydrogens (primary N) is 1. The molecule has 0 bridgehead atoms. The van der Waals surface area contributed by atoms with E-state index in [-0.39, 0.29) is 6.61 Å². The van der Waals surface area contributed by atoms with Crippen LogP contribution in [-0.4, -0.2) is 17.6 Å². The summed E-state index contributed by atoms with van der Waals surface area (Å²) in [4.78, 5) is 14.8. The van der Waals surface area contributed by atoms with Gasteiger partial charge in [0, 0.05) is 12.7 Å². The lowest BCUT2D eigenvalue weighted by Gasteiger charge is -2.17. The van der Waals surface area contributed by atoms with Crippen LogP contribution in [0.15, 0.2) is 6.20 Å². The summed E-state index contributed by atoms with van der Waals surface area (Å²) in [7, 11) is 0. The van der Waals surface area contributed by atoms with Gasteiger partial charge >= 0.3 is 12.1 Å². The van der Waals surface area contributed by atoms with Gasteiger partial charge < -0.3 is 10.5 Å². The van der Waals surface area contributed by atoms with E-state index in [1.54, 1.807) is 0 Å². The van der Waals surface area contributed by atoms with Gasteiger partial charge in [0.05, 0.1) is 29.0 Å². The standard InChI is InChI=1S/C11H11F5N2O2/c1-2-20-10(19)7-5(11(14,15)16)4-18-6(3-17)8(7)9(12)13/h4,9H,2-3,17H2,1H3. The predicted molar refractivity (Wildman–Crippen MR) is 58.0 cm³/mol. The maximum atomic E-state index is 13.0. The van der Waals surface area contributed by atoms with Gasteiger partial charge in [-0.2, -0.15) is 13.2 Å². The Morgan fingerprint density at radius 3 is 2.45 bits per heavy atom. The van der Waals surface area contributed by atoms with Crippen molar-refractivity contribution in [3.63, 3.8) is 0 Å². The molecule has 0 aliphatic heterocycles. The Hall–Kier alpha value is -1.77. The summed E-state index contributed by atoms with van der Waals surface area (Å²) in [6.45, 7) is 0.571. The highest BCUT2D eigenvalue weighted by Gasteiger charge is 2.40. The number of ether oxygens (including phenoxy) is 1. The van der Waals surface area contributed by atoms with E-state index in [1.165, 1.54) is 6.92 Å². The van der Waals surface area contributed by atoms with E-state index in [0.29, 0.717) is 6.20 Å². The van der Waals surface area contributed by atoms with Crippen LogP contribution in [0, 0.1) is 0 Å². The first-order valence-corrected chi connectivity index (χ1v) is 5.48. The number of rotatable bonds is 4. The summed E-state index contributed by atoms with van der Waals surface area (Å²) in [5.74, 6) is -1.48. The first kappa shape index (κ1) is 16.3. The molecule has 0 radical (unpaired) electrons. The lowest BCUT2D eigenvalue weighted by molar-refractivity contribution is -0.138. The van der Waals surface area contributed by atoms with Crippen molar-refractivity contribution < 1.29 is 31.5 Å². The van der Waals surface area contributed by atoms with Gasteiger partial charge in [-0.15, -0.1) is 0 Å². The highest BCUT2D eigenvalue weighted by molar-refractivity contribution is 5.93. The van der Waals surface area contributed by atoms with Crippen molar-refractivity contribution in [2.75, 3.05) is 6.61 Å². The van der Waals surface area contributed by atoms with Gasteiger partial charge in [-0.05, 0) is 6.92 Å². The van der Waals surface area contributed by atoms with Crippen molar-refractivity contribution in [3.05, 3.63) is 28.6 Å². The van der Waals surface area contributed by atoms with Crippen LogP contribution in [0.5, 0.6) is 0 Å². The van der Waals surface area contributed by atoms with Crippen LogP contribution in [-0.2, 0) is 17.5 Å². The molecule has 2 N–H and O–H groups in total. The molecule has 4 nitrogen and oxygen atoms in total. The summed E-state index contributed by atoms with van der Waals surface area (Å²) < 4.78 is 68.8. The van der Waals surface area contributed by atoms with Crippen molar-refractivity contribution in [1.29, 1.82) is 0 Å². The topological polar surface area (TPSA) is 65.2 Å². The number of nitrogens with zero attached hydrogens (tertiary/aromatic N) is 1. The normalized spacial score (nSPS) is 11.8. The molecule has 0 aliphatic rings. The Bertz CT molecular complexity index is 502. The van der Waals surface area contributed by atoms with Gasteiger partial charge in [0.1, 0.15) is 0 Å². The van der Waals surface area contributed by atoms with E-state index in [4.69, 9.17) is 5.73 Å². The smallest absolute Gasteiger partial charge is 0.418 e. The SMILES string of the molecule is CCOC(=O)c1c(C(F)(F)F)cnc(CN)c1C(F)F. The van der Waals surface area contributed by atoms with E-state index in [0.717, 1.165) is 0 Å². The molecule has 0 unspecified atom stereocenters. The van der Waals surface area contributed by atoms with Crippen molar-refractivity contribution in [3.8, 4) is 0 Å². The molecule has 20 heavy (non-hydrogen) atoms. The molecular formula is C11H11F5N2O2. The fraction of sp³-hybridized carbons (Fsp3) is 0.455. The summed E-state index contributed by atoms with van der Waals surface area (Å²) in [6.07, 6.45) is -8.03. The van der Waals surface area contributed by atoms with Crippen LogP contribution < -0.4 is 5.73 Å². The second-order valence-corrected chi connectivity index (χ2v) is 3.63. The highest BCUT2D eigenvalue weighted by atomic mass is 19.4. The van der Waals surface area contributed by atoms with E-state index < -0.39 is 47.5 Å². The Morgan fingerprint density at radius 1 is 1.45 bits per heavy atom. The van der Waals surface area contributed by atoms with E-state index >= 15 is 0 Å². The maximum Gasteiger partial charge on any atom is 0.418 e. The third kappa shape index (κ3) is 3.21. The number of hydrogen-bond acceptors (Lipinski definition) is 4. The van der Waals surface area contributed by atoms with Crippen LogP contribution in [0.25, 0.3) is 0 Å². The van der Waals surface area contributed by atoms with Gasteiger partial charge in [0.15, 0.2) is 0 Å². The third-order valence-corrected chi connectivity index (χ3v) is 2.40. The molecule has 0 atom stereocenters. The fourth-order valence-corrected chi connectivity index (χ4v) is 1.60. The number of carbonyl (C=O) groups excluding carboxylic acids is 1. The number of alkyl halides is 5. The quantitative estimate of drug-likeness (QED) is 0.685. The number of halogens is 5. The number of pyridine rings is 1. The van der Waals surface area contributed by atoms with Crippen molar-refractivity contribution in [1.82, 2.24) is 4.98 Å². The van der Waals surface area contributed by atoms with Gasteiger partial charge in [-0.1, -0.05) is 0 Å². The Labute approximate surface area is 110 Å². The molecule has 0 spiro atoms. The fourth-order valence-electron chi connectivity index (χ4n) is 1.60. The molecule has 9 heteroatoms. The Morgan fingerprint density at radius 2 is 2.05 bits per heavy atom. The zero-order valence-electron chi connectivity index (χ0n) is 10.3. The molecule has 0 amide bonds. The second-order valence-electron chi connectivity index (χ2n) is 3.63. The van der Waals surface area contributed by atoms with Crippen molar-refractivity contribution in [2.45, 2.75) is 26.1 Å². The highest BCUT2D eigenvalue weighted by Crippen LogP contribution is 2.37. The van der Waals surface area contributed by atoms with Crippen molar-refractivity contribution >= 4 is 5.97 Å². The van der Waals surface area contributed by atoms with E-state index in [9.17, 15) is 26.7 Å². The summed E-state index contributed by atoms with van der Waals surface area (Å²) in [5.41, 5.74) is 0.749. The molecule has 1 rings (SSSR count). The van der Waals surface area contributed by atoms with Crippen LogP contribution >= 0.6 is 0 Å². The van der Waals surface area contributed by atoms with Crippen LogP contribution in [0.3, 0.4) is 0 Å². The molecule has 1 aromatic heterocycles. The molecule has 0 fully saturated rings. The predicted octanol–water partition coefficient (Wildman–Crippen LogP) is 2.67. The summed E-state index contributed by atoms with van der Waals surface area (Å²) >= 11 is 0. The average Bonchev–Trinajstić information content (AvgIpc) is 2.35.